The summed E-state index contributed by atoms with van der Waals surface area (Å²) in [5.41, 5.74) is 8.62. The normalized spacial score (nSPS) is 14.3. The summed E-state index contributed by atoms with van der Waals surface area (Å²) in [4.78, 5) is 14.8. The number of azide groups is 1. The molecule has 1 aromatic carbocycles. The van der Waals surface area contributed by atoms with Crippen molar-refractivity contribution in [1.82, 2.24) is 0 Å². The summed E-state index contributed by atoms with van der Waals surface area (Å²) < 4.78 is 4.81. The average molecular weight is 303 g/mol. The number of benzene rings is 1. The van der Waals surface area contributed by atoms with Gasteiger partial charge in [0.05, 0.1) is 15.2 Å². The molecule has 6 heteroatoms. The van der Waals surface area contributed by atoms with E-state index in [2.05, 4.69) is 35.3 Å². The molecule has 5 nitrogen and oxygen atoms in total. The SMILES string of the molecule is C/C=C/[C@H]([C@H](N=[N+]=[N-])C(=O)OC)[Si](C)(C)c1ccccc1. The van der Waals surface area contributed by atoms with E-state index in [0.29, 0.717) is 0 Å². The highest BCUT2D eigenvalue weighted by Gasteiger charge is 2.40. The Kier molecular flexibility index (Phi) is 6.21. The molecule has 0 heterocycles. The van der Waals surface area contributed by atoms with E-state index in [0.717, 1.165) is 0 Å². The van der Waals surface area contributed by atoms with E-state index in [1.54, 1.807) is 0 Å². The number of nitrogens with zero attached hydrogens (tertiary/aromatic N) is 3. The van der Waals surface area contributed by atoms with Gasteiger partial charge in [-0.2, -0.15) is 0 Å². The number of esters is 1. The minimum Gasteiger partial charge on any atom is -0.469 e. The van der Waals surface area contributed by atoms with E-state index >= 15 is 0 Å². The van der Waals surface area contributed by atoms with Crippen molar-refractivity contribution in [2.75, 3.05) is 7.11 Å². The fourth-order valence-corrected chi connectivity index (χ4v) is 5.55. The van der Waals surface area contributed by atoms with Crippen LogP contribution in [0.4, 0.5) is 0 Å². The molecule has 1 aromatic rings. The third-order valence-electron chi connectivity index (χ3n) is 3.71. The van der Waals surface area contributed by atoms with Gasteiger partial charge in [0.15, 0.2) is 0 Å². The van der Waals surface area contributed by atoms with Gasteiger partial charge in [-0.25, -0.2) is 0 Å². The third kappa shape index (κ3) is 3.97. The lowest BCUT2D eigenvalue weighted by Crippen LogP contribution is -2.50. The maximum Gasteiger partial charge on any atom is 0.314 e. The lowest BCUT2D eigenvalue weighted by atomic mass is 10.2. The molecule has 21 heavy (non-hydrogen) atoms. The molecular formula is C15H21N3O2Si. The van der Waals surface area contributed by atoms with Crippen molar-refractivity contribution in [3.05, 3.63) is 52.9 Å². The first-order chi connectivity index (χ1) is 9.98. The topological polar surface area (TPSA) is 75.1 Å². The summed E-state index contributed by atoms with van der Waals surface area (Å²) >= 11 is 0. The molecule has 0 radical (unpaired) electrons. The van der Waals surface area contributed by atoms with Crippen LogP contribution in [0.3, 0.4) is 0 Å². The molecule has 0 aliphatic rings. The summed E-state index contributed by atoms with van der Waals surface area (Å²) in [6.07, 6.45) is 3.85. The van der Waals surface area contributed by atoms with Gasteiger partial charge >= 0.3 is 5.97 Å². The lowest BCUT2D eigenvalue weighted by Gasteiger charge is -2.33. The molecule has 0 aliphatic carbocycles. The zero-order valence-corrected chi connectivity index (χ0v) is 13.9. The first-order valence-corrected chi connectivity index (χ1v) is 9.87. The molecule has 0 amide bonds. The molecule has 2 atom stereocenters. The fourth-order valence-electron chi connectivity index (χ4n) is 2.45. The number of carbonyl (C=O) groups is 1. The van der Waals surface area contributed by atoms with Crippen LogP contribution in [0.25, 0.3) is 10.4 Å². The third-order valence-corrected chi connectivity index (χ3v) is 7.71. The summed E-state index contributed by atoms with van der Waals surface area (Å²) in [6.45, 7) is 6.22. The Labute approximate surface area is 126 Å². The summed E-state index contributed by atoms with van der Waals surface area (Å²) in [7, 11) is -0.750. The number of hydrogen-bond acceptors (Lipinski definition) is 3. The Morgan fingerprint density at radius 3 is 2.48 bits per heavy atom. The second-order valence-corrected chi connectivity index (χ2v) is 10.00. The van der Waals surface area contributed by atoms with Crippen molar-refractivity contribution in [2.45, 2.75) is 31.6 Å². The second-order valence-electron chi connectivity index (χ2n) is 5.31. The first kappa shape index (κ1) is 17.0. The molecule has 0 fully saturated rings. The largest absolute Gasteiger partial charge is 0.469 e. The van der Waals surface area contributed by atoms with Gasteiger partial charge in [0.25, 0.3) is 0 Å². The van der Waals surface area contributed by atoms with E-state index in [4.69, 9.17) is 10.3 Å². The minimum absolute atomic E-state index is 0.159. The van der Waals surface area contributed by atoms with E-state index in [-0.39, 0.29) is 5.54 Å². The minimum atomic E-state index is -2.06. The Hall–Kier alpha value is -2.04. The van der Waals surface area contributed by atoms with E-state index in [1.165, 1.54) is 12.3 Å². The Morgan fingerprint density at radius 2 is 2.00 bits per heavy atom. The van der Waals surface area contributed by atoms with Crippen LogP contribution in [0.1, 0.15) is 6.92 Å². The number of methoxy groups -OCH3 is 1. The van der Waals surface area contributed by atoms with Crippen LogP contribution < -0.4 is 5.19 Å². The average Bonchev–Trinajstić information content (AvgIpc) is 2.50. The van der Waals surface area contributed by atoms with Gasteiger partial charge in [0.2, 0.25) is 0 Å². The van der Waals surface area contributed by atoms with Crippen LogP contribution >= 0.6 is 0 Å². The monoisotopic (exact) mass is 303 g/mol. The van der Waals surface area contributed by atoms with Crippen molar-refractivity contribution >= 4 is 19.2 Å². The summed E-state index contributed by atoms with van der Waals surface area (Å²) in [5.74, 6) is -0.493. The van der Waals surface area contributed by atoms with Gasteiger partial charge in [-0.1, -0.05) is 65.9 Å². The molecule has 0 saturated heterocycles. The molecule has 0 N–H and O–H groups in total. The molecule has 0 spiro atoms. The van der Waals surface area contributed by atoms with Crippen molar-refractivity contribution < 1.29 is 9.53 Å². The van der Waals surface area contributed by atoms with Crippen LogP contribution in [-0.2, 0) is 9.53 Å². The van der Waals surface area contributed by atoms with Crippen molar-refractivity contribution in [1.29, 1.82) is 0 Å². The van der Waals surface area contributed by atoms with Gasteiger partial charge in [-0.05, 0) is 18.0 Å². The molecular weight excluding hydrogens is 282 g/mol. The summed E-state index contributed by atoms with van der Waals surface area (Å²) in [5, 5.41) is 4.90. The van der Waals surface area contributed by atoms with Crippen molar-refractivity contribution in [3.63, 3.8) is 0 Å². The van der Waals surface area contributed by atoms with Crippen LogP contribution in [-0.4, -0.2) is 27.2 Å². The first-order valence-electron chi connectivity index (χ1n) is 6.79. The second kappa shape index (κ2) is 7.66. The molecule has 0 saturated carbocycles. The number of hydrogen-bond donors (Lipinski definition) is 0. The van der Waals surface area contributed by atoms with Crippen LogP contribution in [0.5, 0.6) is 0 Å². The lowest BCUT2D eigenvalue weighted by molar-refractivity contribution is -0.142. The number of carbonyl (C=O) groups excluding carboxylic acids is 1. The molecule has 0 aromatic heterocycles. The van der Waals surface area contributed by atoms with Crippen LogP contribution in [0.15, 0.2) is 47.6 Å². The number of ether oxygens (including phenoxy) is 1. The van der Waals surface area contributed by atoms with Gasteiger partial charge in [0.1, 0.15) is 6.04 Å². The van der Waals surface area contributed by atoms with Gasteiger partial charge in [-0.3, -0.25) is 4.79 Å². The van der Waals surface area contributed by atoms with E-state index in [1.807, 2.05) is 37.3 Å². The molecule has 112 valence electrons. The Bertz CT molecular complexity index is 551. The standard InChI is InChI=1S/C15H21N3O2Si/c1-5-9-13(14(17-18-16)15(19)20-2)21(3,4)12-10-7-6-8-11-12/h5-11,13-14H,1-4H3/b9-5+/t13-,14+/m1/s1. The van der Waals surface area contributed by atoms with Crippen molar-refractivity contribution in [2.24, 2.45) is 5.11 Å². The fraction of sp³-hybridized carbons (Fsp3) is 0.400. The highest BCUT2D eigenvalue weighted by atomic mass is 28.3. The maximum absolute atomic E-state index is 12.0. The summed E-state index contributed by atoms with van der Waals surface area (Å²) in [6, 6.07) is 9.22. The smallest absolute Gasteiger partial charge is 0.314 e. The highest BCUT2D eigenvalue weighted by Crippen LogP contribution is 2.30. The molecule has 1 rings (SSSR count). The van der Waals surface area contributed by atoms with Crippen molar-refractivity contribution in [3.8, 4) is 0 Å². The highest BCUT2D eigenvalue weighted by molar-refractivity contribution is 6.91. The van der Waals surface area contributed by atoms with Crippen LogP contribution in [0.2, 0.25) is 18.6 Å². The zero-order valence-electron chi connectivity index (χ0n) is 12.9. The quantitative estimate of drug-likeness (QED) is 0.202. The van der Waals surface area contributed by atoms with Crippen LogP contribution in [0, 0.1) is 0 Å². The Balaban J connectivity index is 3.32. The Morgan fingerprint density at radius 1 is 1.38 bits per heavy atom. The molecule has 0 unspecified atom stereocenters. The zero-order chi connectivity index (χ0) is 15.9. The molecule has 0 aliphatic heterocycles. The number of rotatable bonds is 6. The number of allylic oxidation sites excluding steroid dienone is 1. The maximum atomic E-state index is 12.0. The van der Waals surface area contributed by atoms with Gasteiger partial charge < -0.3 is 4.74 Å². The van der Waals surface area contributed by atoms with E-state index in [9.17, 15) is 4.79 Å². The molecule has 0 bridgehead atoms. The predicted molar refractivity (Wildman–Crippen MR) is 87.1 cm³/mol. The van der Waals surface area contributed by atoms with Gasteiger partial charge in [-0.15, -0.1) is 0 Å². The predicted octanol–water partition coefficient (Wildman–Crippen LogP) is 3.40. The van der Waals surface area contributed by atoms with E-state index < -0.39 is 20.1 Å². The van der Waals surface area contributed by atoms with Gasteiger partial charge in [0, 0.05) is 4.91 Å².